The van der Waals surface area contributed by atoms with Gasteiger partial charge in [-0.1, -0.05) is 6.42 Å². The number of aromatic nitrogens is 4. The van der Waals surface area contributed by atoms with Gasteiger partial charge in [-0.05, 0) is 31.7 Å². The van der Waals surface area contributed by atoms with Gasteiger partial charge in [-0.15, -0.1) is 0 Å². The highest BCUT2D eigenvalue weighted by atomic mass is 32.2. The Bertz CT molecular complexity index is 745. The molecule has 2 heterocycles. The lowest BCUT2D eigenvalue weighted by molar-refractivity contribution is 0.266. The molecule has 120 valence electrons. The van der Waals surface area contributed by atoms with Crippen molar-refractivity contribution < 1.29 is 8.42 Å². The van der Waals surface area contributed by atoms with E-state index in [-0.39, 0.29) is 11.1 Å². The van der Waals surface area contributed by atoms with Crippen LogP contribution >= 0.6 is 0 Å². The number of nitrogens with one attached hydrogen (secondary N) is 1. The fourth-order valence-electron chi connectivity index (χ4n) is 2.63. The Morgan fingerprint density at radius 3 is 2.77 bits per heavy atom. The van der Waals surface area contributed by atoms with Gasteiger partial charge in [0.05, 0.1) is 12.4 Å². The molecule has 0 aliphatic heterocycles. The normalized spacial score (nSPS) is 17.4. The summed E-state index contributed by atoms with van der Waals surface area (Å²) in [5, 5.41) is 8.38. The van der Waals surface area contributed by atoms with Crippen molar-refractivity contribution >= 4 is 10.0 Å². The Kier molecular flexibility index (Phi) is 4.05. The summed E-state index contributed by atoms with van der Waals surface area (Å²) < 4.78 is 30.6. The summed E-state index contributed by atoms with van der Waals surface area (Å²) in [5.74, 6) is 0.717. The maximum Gasteiger partial charge on any atom is 0.258 e. The molecule has 7 nitrogen and oxygen atoms in total. The van der Waals surface area contributed by atoms with Crippen LogP contribution < -0.4 is 4.72 Å². The zero-order valence-corrected chi connectivity index (χ0v) is 13.6. The van der Waals surface area contributed by atoms with E-state index in [1.165, 1.54) is 36.2 Å². The molecule has 2 aromatic heterocycles. The van der Waals surface area contributed by atoms with Gasteiger partial charge in [0, 0.05) is 31.4 Å². The lowest BCUT2D eigenvalue weighted by atomic mass is 9.85. The molecule has 2 aromatic rings. The maximum absolute atomic E-state index is 12.3. The van der Waals surface area contributed by atoms with Gasteiger partial charge in [0.25, 0.3) is 10.0 Å². The van der Waals surface area contributed by atoms with E-state index in [1.807, 2.05) is 17.8 Å². The van der Waals surface area contributed by atoms with Crippen LogP contribution in [-0.4, -0.2) is 28.0 Å². The summed E-state index contributed by atoms with van der Waals surface area (Å²) in [7, 11) is -1.98. The molecule has 1 aliphatic rings. The minimum Gasteiger partial charge on any atom is -0.272 e. The second-order valence-electron chi connectivity index (χ2n) is 5.93. The highest BCUT2D eigenvalue weighted by molar-refractivity contribution is 7.89. The number of nitrogens with zero attached hydrogens (tertiary/aromatic N) is 4. The lowest BCUT2D eigenvalue weighted by Gasteiger charge is -2.24. The van der Waals surface area contributed by atoms with Gasteiger partial charge in [0.1, 0.15) is 0 Å². The molecule has 3 rings (SSSR count). The molecule has 1 fully saturated rings. The highest BCUT2D eigenvalue weighted by Crippen LogP contribution is 2.28. The molecule has 0 spiro atoms. The van der Waals surface area contributed by atoms with Crippen molar-refractivity contribution in [2.45, 2.75) is 43.8 Å². The molecule has 0 radical (unpaired) electrons. The molecule has 1 aliphatic carbocycles. The van der Waals surface area contributed by atoms with E-state index < -0.39 is 10.0 Å². The van der Waals surface area contributed by atoms with Crippen LogP contribution in [0.15, 0.2) is 29.7 Å². The molecule has 1 saturated carbocycles. The maximum atomic E-state index is 12.3. The fourth-order valence-corrected chi connectivity index (χ4v) is 3.99. The first-order chi connectivity index (χ1) is 10.5. The van der Waals surface area contributed by atoms with Crippen LogP contribution in [0.25, 0.3) is 0 Å². The van der Waals surface area contributed by atoms with Gasteiger partial charge >= 0.3 is 0 Å². The summed E-state index contributed by atoms with van der Waals surface area (Å²) in [5.41, 5.74) is 0.866. The van der Waals surface area contributed by atoms with Gasteiger partial charge in [0.2, 0.25) is 0 Å². The number of rotatable bonds is 6. The van der Waals surface area contributed by atoms with Gasteiger partial charge in [-0.3, -0.25) is 9.36 Å². The Hall–Kier alpha value is -1.67. The van der Waals surface area contributed by atoms with Crippen LogP contribution in [0.5, 0.6) is 0 Å². The molecule has 22 heavy (non-hydrogen) atoms. The van der Waals surface area contributed by atoms with E-state index in [1.54, 1.807) is 13.2 Å². The van der Waals surface area contributed by atoms with E-state index >= 15 is 0 Å². The molecular formula is C14H21N5O2S. The minimum absolute atomic E-state index is 0.154. The van der Waals surface area contributed by atoms with E-state index in [0.29, 0.717) is 5.92 Å². The van der Waals surface area contributed by atoms with E-state index in [2.05, 4.69) is 14.9 Å². The Morgan fingerprint density at radius 1 is 1.41 bits per heavy atom. The Labute approximate surface area is 130 Å². The first kappa shape index (κ1) is 15.2. The summed E-state index contributed by atoms with van der Waals surface area (Å²) in [4.78, 5) is 0. The molecule has 1 atom stereocenters. The van der Waals surface area contributed by atoms with Gasteiger partial charge in [-0.2, -0.15) is 10.2 Å². The topological polar surface area (TPSA) is 81.8 Å². The van der Waals surface area contributed by atoms with Crippen LogP contribution in [-0.2, 0) is 23.6 Å². The zero-order valence-electron chi connectivity index (χ0n) is 12.8. The Morgan fingerprint density at radius 2 is 2.18 bits per heavy atom. The number of aryl methyl sites for hydroxylation is 1. The summed E-state index contributed by atoms with van der Waals surface area (Å²) in [6.45, 7) is 2.74. The molecule has 0 amide bonds. The van der Waals surface area contributed by atoms with E-state index in [9.17, 15) is 8.42 Å². The molecule has 1 N–H and O–H groups in total. The quantitative estimate of drug-likeness (QED) is 0.872. The molecule has 1 unspecified atom stereocenters. The lowest BCUT2D eigenvalue weighted by Crippen LogP contribution is -2.28. The molecular weight excluding hydrogens is 302 g/mol. The molecule has 8 heteroatoms. The first-order valence-electron chi connectivity index (χ1n) is 7.48. The van der Waals surface area contributed by atoms with Crippen molar-refractivity contribution in [1.82, 2.24) is 24.3 Å². The van der Waals surface area contributed by atoms with E-state index in [4.69, 9.17) is 0 Å². The number of sulfonamides is 1. The highest BCUT2D eigenvalue weighted by Gasteiger charge is 2.23. The molecule has 0 saturated heterocycles. The predicted octanol–water partition coefficient (Wildman–Crippen LogP) is 1.46. The fraction of sp³-hybridized carbons (Fsp3) is 0.571. The molecule has 0 bridgehead atoms. The average Bonchev–Trinajstić information content (AvgIpc) is 3.02. The van der Waals surface area contributed by atoms with Crippen molar-refractivity contribution in [1.29, 1.82) is 0 Å². The predicted molar refractivity (Wildman–Crippen MR) is 81.5 cm³/mol. The number of hydrogen-bond acceptors (Lipinski definition) is 4. The molecule has 0 aromatic carbocycles. The Balaban J connectivity index is 1.68. The van der Waals surface area contributed by atoms with Crippen LogP contribution in [0.3, 0.4) is 0 Å². The van der Waals surface area contributed by atoms with Crippen LogP contribution in [0, 0.1) is 5.92 Å². The summed E-state index contributed by atoms with van der Waals surface area (Å²) in [6, 6.07) is 1.14. The van der Waals surface area contributed by atoms with Crippen molar-refractivity contribution in [2.24, 2.45) is 13.0 Å². The second kappa shape index (κ2) is 5.85. The van der Waals surface area contributed by atoms with Gasteiger partial charge < -0.3 is 0 Å². The standard InChI is InChI=1S/C14H21N5O2S/c1-11(17-22(20,21)14-6-7-15-18(14)2)13-8-16-19(10-13)9-12-4-3-5-12/h6-8,10-12,17H,3-5,9H2,1-2H3. The van der Waals surface area contributed by atoms with Crippen molar-refractivity contribution in [3.05, 3.63) is 30.2 Å². The zero-order chi connectivity index (χ0) is 15.7. The van der Waals surface area contributed by atoms with Gasteiger partial charge in [-0.25, -0.2) is 13.1 Å². The SMILES string of the molecule is CC(NS(=O)(=O)c1ccnn1C)c1cnn(CC2CCC2)c1. The second-order valence-corrected chi connectivity index (χ2v) is 7.59. The summed E-state index contributed by atoms with van der Waals surface area (Å²) >= 11 is 0. The van der Waals surface area contributed by atoms with Crippen LogP contribution in [0.1, 0.15) is 37.8 Å². The monoisotopic (exact) mass is 323 g/mol. The number of hydrogen-bond donors (Lipinski definition) is 1. The largest absolute Gasteiger partial charge is 0.272 e. The first-order valence-corrected chi connectivity index (χ1v) is 8.97. The van der Waals surface area contributed by atoms with Crippen LogP contribution in [0.2, 0.25) is 0 Å². The van der Waals surface area contributed by atoms with E-state index in [0.717, 1.165) is 12.1 Å². The summed E-state index contributed by atoms with van der Waals surface area (Å²) in [6.07, 6.45) is 8.95. The van der Waals surface area contributed by atoms with Gasteiger partial charge in [0.15, 0.2) is 5.03 Å². The van der Waals surface area contributed by atoms with Crippen LogP contribution in [0.4, 0.5) is 0 Å². The minimum atomic E-state index is -3.59. The third-order valence-corrected chi connectivity index (χ3v) is 5.82. The third kappa shape index (κ3) is 3.07. The average molecular weight is 323 g/mol. The third-order valence-electron chi connectivity index (χ3n) is 4.21. The van der Waals surface area contributed by atoms with Crippen molar-refractivity contribution in [2.75, 3.05) is 0 Å². The van der Waals surface area contributed by atoms with Crippen molar-refractivity contribution in [3.8, 4) is 0 Å². The smallest absolute Gasteiger partial charge is 0.258 e. The van der Waals surface area contributed by atoms with Crippen molar-refractivity contribution in [3.63, 3.8) is 0 Å².